The summed E-state index contributed by atoms with van der Waals surface area (Å²) in [4.78, 5) is 18.2. The normalized spacial score (nSPS) is 10.8. The van der Waals surface area contributed by atoms with Crippen LogP contribution in [0.5, 0.6) is 0 Å². The molecule has 0 saturated heterocycles. The zero-order valence-electron chi connectivity index (χ0n) is 11.6. The van der Waals surface area contributed by atoms with Gasteiger partial charge in [-0.3, -0.25) is 4.79 Å². The second-order valence-electron chi connectivity index (χ2n) is 4.61. The highest BCUT2D eigenvalue weighted by atomic mass is 32.1. The molecule has 108 valence electrons. The number of hydrogen-bond donors (Lipinski definition) is 0. The average Bonchev–Trinajstić information content (AvgIpc) is 3.18. The van der Waals surface area contributed by atoms with Crippen molar-refractivity contribution in [2.45, 2.75) is 13.5 Å². The van der Waals surface area contributed by atoms with Crippen LogP contribution < -0.4 is 0 Å². The summed E-state index contributed by atoms with van der Waals surface area (Å²) in [5.74, 6) is 1.22. The lowest BCUT2D eigenvalue weighted by Crippen LogP contribution is -2.26. The lowest BCUT2D eigenvalue weighted by molar-refractivity contribution is 0.0777. The number of aryl methyl sites for hydroxylation is 1. The van der Waals surface area contributed by atoms with Gasteiger partial charge in [-0.1, -0.05) is 5.16 Å². The fourth-order valence-corrected chi connectivity index (χ4v) is 2.65. The molecule has 3 aromatic rings. The second kappa shape index (κ2) is 5.53. The van der Waals surface area contributed by atoms with Gasteiger partial charge >= 0.3 is 0 Å². The number of furan rings is 1. The van der Waals surface area contributed by atoms with Crippen LogP contribution in [0.15, 0.2) is 38.8 Å². The molecule has 0 bridgehead atoms. The molecule has 1 amide bonds. The van der Waals surface area contributed by atoms with Crippen LogP contribution in [0.25, 0.3) is 10.8 Å². The molecule has 0 aliphatic rings. The van der Waals surface area contributed by atoms with E-state index in [4.69, 9.17) is 8.94 Å². The molecule has 0 radical (unpaired) electrons. The minimum Gasteiger partial charge on any atom is -0.462 e. The van der Waals surface area contributed by atoms with Crippen molar-refractivity contribution in [3.8, 4) is 10.8 Å². The maximum absolute atomic E-state index is 12.3. The van der Waals surface area contributed by atoms with Crippen molar-refractivity contribution in [1.82, 2.24) is 15.0 Å². The molecule has 3 heterocycles. The van der Waals surface area contributed by atoms with Crippen molar-refractivity contribution in [3.05, 3.63) is 47.0 Å². The summed E-state index contributed by atoms with van der Waals surface area (Å²) < 4.78 is 10.3. The summed E-state index contributed by atoms with van der Waals surface area (Å²) in [6, 6.07) is 5.41. The molecule has 7 heteroatoms. The molecule has 3 rings (SSSR count). The Kier molecular flexibility index (Phi) is 3.57. The third-order valence-electron chi connectivity index (χ3n) is 2.88. The number of amides is 1. The zero-order valence-corrected chi connectivity index (χ0v) is 12.4. The van der Waals surface area contributed by atoms with Gasteiger partial charge in [0.15, 0.2) is 10.8 Å². The summed E-state index contributed by atoms with van der Waals surface area (Å²) in [5.41, 5.74) is 1.11. The minimum atomic E-state index is -0.162. The standard InChI is InChI=1S/C14H13N3O3S/c1-9-6-10(16-20-9)7-17(2)14(18)11-8-21-13(15-11)12-4-3-5-19-12/h3-6,8H,7H2,1-2H3. The second-order valence-corrected chi connectivity index (χ2v) is 5.46. The molecule has 0 aliphatic heterocycles. The average molecular weight is 303 g/mol. The van der Waals surface area contributed by atoms with Gasteiger partial charge in [0.2, 0.25) is 0 Å². The van der Waals surface area contributed by atoms with E-state index < -0.39 is 0 Å². The fraction of sp³-hybridized carbons (Fsp3) is 0.214. The van der Waals surface area contributed by atoms with Gasteiger partial charge in [0.05, 0.1) is 12.8 Å². The first-order valence-electron chi connectivity index (χ1n) is 6.30. The molecular formula is C14H13N3O3S. The van der Waals surface area contributed by atoms with Crippen LogP contribution in [0.2, 0.25) is 0 Å². The van der Waals surface area contributed by atoms with Crippen molar-refractivity contribution >= 4 is 17.2 Å². The van der Waals surface area contributed by atoms with Crippen molar-refractivity contribution in [3.63, 3.8) is 0 Å². The molecule has 0 saturated carbocycles. The van der Waals surface area contributed by atoms with Gasteiger partial charge in [0.1, 0.15) is 17.1 Å². The monoisotopic (exact) mass is 303 g/mol. The smallest absolute Gasteiger partial charge is 0.273 e. The molecule has 21 heavy (non-hydrogen) atoms. The van der Waals surface area contributed by atoms with Crippen LogP contribution >= 0.6 is 11.3 Å². The number of carbonyl (C=O) groups excluding carboxylic acids is 1. The quantitative estimate of drug-likeness (QED) is 0.741. The maximum Gasteiger partial charge on any atom is 0.273 e. The van der Waals surface area contributed by atoms with Gasteiger partial charge < -0.3 is 13.8 Å². The Hall–Kier alpha value is -2.41. The van der Waals surface area contributed by atoms with Crippen molar-refractivity contribution in [2.24, 2.45) is 0 Å². The molecule has 0 aliphatic carbocycles. The Balaban J connectivity index is 1.72. The van der Waals surface area contributed by atoms with Crippen LogP contribution in [0, 0.1) is 6.92 Å². The van der Waals surface area contributed by atoms with E-state index in [1.54, 1.807) is 35.7 Å². The molecule has 6 nitrogen and oxygen atoms in total. The lowest BCUT2D eigenvalue weighted by atomic mass is 10.3. The fourth-order valence-electron chi connectivity index (χ4n) is 1.89. The first-order valence-corrected chi connectivity index (χ1v) is 7.18. The molecular weight excluding hydrogens is 290 g/mol. The molecule has 0 spiro atoms. The Labute approximate surface area is 125 Å². The molecule has 0 aromatic carbocycles. The number of thiazole rings is 1. The van der Waals surface area contributed by atoms with E-state index in [2.05, 4.69) is 10.1 Å². The Morgan fingerprint density at radius 2 is 2.33 bits per heavy atom. The van der Waals surface area contributed by atoms with Gasteiger partial charge in [-0.15, -0.1) is 11.3 Å². The predicted molar refractivity (Wildman–Crippen MR) is 76.9 cm³/mol. The Bertz CT molecular complexity index is 745. The summed E-state index contributed by atoms with van der Waals surface area (Å²) in [6.45, 7) is 2.19. The van der Waals surface area contributed by atoms with Crippen molar-refractivity contribution in [2.75, 3.05) is 7.05 Å². The van der Waals surface area contributed by atoms with Gasteiger partial charge in [-0.2, -0.15) is 0 Å². The summed E-state index contributed by atoms with van der Waals surface area (Å²) in [7, 11) is 1.71. The number of carbonyl (C=O) groups is 1. The van der Waals surface area contributed by atoms with E-state index in [-0.39, 0.29) is 5.91 Å². The summed E-state index contributed by atoms with van der Waals surface area (Å²) in [5, 5.41) is 6.29. The maximum atomic E-state index is 12.3. The molecule has 0 unspecified atom stereocenters. The van der Waals surface area contributed by atoms with Crippen LogP contribution in [0.3, 0.4) is 0 Å². The number of nitrogens with zero attached hydrogens (tertiary/aromatic N) is 3. The third-order valence-corrected chi connectivity index (χ3v) is 3.73. The van der Waals surface area contributed by atoms with Crippen LogP contribution in [-0.2, 0) is 6.54 Å². The highest BCUT2D eigenvalue weighted by Gasteiger charge is 2.18. The molecule has 0 fully saturated rings. The topological polar surface area (TPSA) is 72.4 Å². The lowest BCUT2D eigenvalue weighted by Gasteiger charge is -2.13. The highest BCUT2D eigenvalue weighted by Crippen LogP contribution is 2.24. The van der Waals surface area contributed by atoms with E-state index in [1.165, 1.54) is 11.3 Å². The van der Waals surface area contributed by atoms with Crippen LogP contribution in [-0.4, -0.2) is 28.0 Å². The molecule has 3 aromatic heterocycles. The predicted octanol–water partition coefficient (Wildman–Crippen LogP) is 2.97. The third kappa shape index (κ3) is 2.87. The Morgan fingerprint density at radius 1 is 1.48 bits per heavy atom. The number of hydrogen-bond acceptors (Lipinski definition) is 6. The first kappa shape index (κ1) is 13.6. The number of rotatable bonds is 4. The largest absolute Gasteiger partial charge is 0.462 e. The van der Waals surface area contributed by atoms with Gasteiger partial charge in [0, 0.05) is 18.5 Å². The van der Waals surface area contributed by atoms with E-state index in [9.17, 15) is 4.79 Å². The van der Waals surface area contributed by atoms with E-state index in [0.717, 1.165) is 5.76 Å². The summed E-state index contributed by atoms with van der Waals surface area (Å²) >= 11 is 1.38. The van der Waals surface area contributed by atoms with E-state index >= 15 is 0 Å². The number of aromatic nitrogens is 2. The minimum absolute atomic E-state index is 0.162. The van der Waals surface area contributed by atoms with Gasteiger partial charge in [-0.25, -0.2) is 4.98 Å². The van der Waals surface area contributed by atoms with Crippen LogP contribution in [0.1, 0.15) is 21.9 Å². The van der Waals surface area contributed by atoms with Crippen LogP contribution in [0.4, 0.5) is 0 Å². The van der Waals surface area contributed by atoms with E-state index in [0.29, 0.717) is 28.7 Å². The first-order chi connectivity index (χ1) is 10.1. The Morgan fingerprint density at radius 3 is 3.00 bits per heavy atom. The van der Waals surface area contributed by atoms with Crippen molar-refractivity contribution < 1.29 is 13.7 Å². The zero-order chi connectivity index (χ0) is 14.8. The molecule has 0 atom stereocenters. The SMILES string of the molecule is Cc1cc(CN(C)C(=O)c2csc(-c3ccco3)n2)no1. The highest BCUT2D eigenvalue weighted by molar-refractivity contribution is 7.13. The van der Waals surface area contributed by atoms with Gasteiger partial charge in [0.25, 0.3) is 5.91 Å². The summed E-state index contributed by atoms with van der Waals surface area (Å²) in [6.07, 6.45) is 1.58. The van der Waals surface area contributed by atoms with E-state index in [1.807, 2.05) is 13.0 Å². The van der Waals surface area contributed by atoms with Crippen molar-refractivity contribution in [1.29, 1.82) is 0 Å². The molecule has 0 N–H and O–H groups in total. The van der Waals surface area contributed by atoms with Gasteiger partial charge in [-0.05, 0) is 19.1 Å².